The first-order valence-electron chi connectivity index (χ1n) is 6.57. The summed E-state index contributed by atoms with van der Waals surface area (Å²) in [4.78, 5) is 8.88. The molecule has 2 aromatic rings. The second kappa shape index (κ2) is 5.49. The lowest BCUT2D eigenvalue weighted by Gasteiger charge is -2.20. The quantitative estimate of drug-likeness (QED) is 0.914. The molecule has 0 saturated heterocycles. The van der Waals surface area contributed by atoms with Crippen molar-refractivity contribution in [3.8, 4) is 11.4 Å². The van der Waals surface area contributed by atoms with Gasteiger partial charge in [-0.25, -0.2) is 9.97 Å². The van der Waals surface area contributed by atoms with Crippen LogP contribution in [0.25, 0.3) is 11.4 Å². The average Bonchev–Trinajstić information content (AvgIpc) is 2.36. The number of aryl methyl sites for hydroxylation is 1. The number of benzene rings is 1. The predicted molar refractivity (Wildman–Crippen MR) is 78.8 cm³/mol. The molecule has 2 rings (SSSR count). The third-order valence-electron chi connectivity index (χ3n) is 2.80. The van der Waals surface area contributed by atoms with Gasteiger partial charge in [-0.2, -0.15) is 0 Å². The van der Waals surface area contributed by atoms with Crippen LogP contribution in [0.4, 0.5) is 0 Å². The summed E-state index contributed by atoms with van der Waals surface area (Å²) in [5.41, 5.74) is 3.50. The molecule has 1 aromatic heterocycles. The highest BCUT2D eigenvalue weighted by molar-refractivity contribution is 5.55. The molecule has 100 valence electrons. The smallest absolute Gasteiger partial charge is 0.159 e. The lowest BCUT2D eigenvalue weighted by atomic mass is 10.1. The molecule has 0 aliphatic heterocycles. The van der Waals surface area contributed by atoms with Gasteiger partial charge in [-0.15, -0.1) is 0 Å². The molecule has 0 bridgehead atoms. The van der Waals surface area contributed by atoms with Gasteiger partial charge in [-0.05, 0) is 33.8 Å². The Kier molecular flexibility index (Phi) is 3.96. The van der Waals surface area contributed by atoms with Crippen molar-refractivity contribution in [1.82, 2.24) is 15.3 Å². The Morgan fingerprint density at radius 3 is 2.37 bits per heavy atom. The van der Waals surface area contributed by atoms with Gasteiger partial charge in [0.25, 0.3) is 0 Å². The zero-order valence-electron chi connectivity index (χ0n) is 12.1. The highest BCUT2D eigenvalue weighted by Gasteiger charge is 2.09. The molecule has 1 heterocycles. The Morgan fingerprint density at radius 2 is 1.79 bits per heavy atom. The Labute approximate surface area is 115 Å². The Morgan fingerprint density at radius 1 is 1.11 bits per heavy atom. The van der Waals surface area contributed by atoms with Gasteiger partial charge in [-0.3, -0.25) is 0 Å². The van der Waals surface area contributed by atoms with Crippen molar-refractivity contribution < 1.29 is 0 Å². The minimum atomic E-state index is 0.106. The predicted octanol–water partition coefficient (Wildman–Crippen LogP) is 3.34. The Hall–Kier alpha value is -1.74. The fourth-order valence-corrected chi connectivity index (χ4v) is 1.75. The molecule has 0 unspecified atom stereocenters. The van der Waals surface area contributed by atoms with E-state index < -0.39 is 0 Å². The standard InChI is InChI=1S/C16H21N3/c1-12-6-5-7-14(8-12)15-17-9-13(10-18-15)11-19-16(2,3)4/h5-10,19H,11H2,1-4H3. The molecule has 3 nitrogen and oxygen atoms in total. The van der Waals surface area contributed by atoms with Crippen LogP contribution in [0.15, 0.2) is 36.7 Å². The van der Waals surface area contributed by atoms with Crippen molar-refractivity contribution in [2.75, 3.05) is 0 Å². The van der Waals surface area contributed by atoms with E-state index in [9.17, 15) is 0 Å². The fourth-order valence-electron chi connectivity index (χ4n) is 1.75. The van der Waals surface area contributed by atoms with Gasteiger partial charge < -0.3 is 5.32 Å². The van der Waals surface area contributed by atoms with Crippen LogP contribution in [0.5, 0.6) is 0 Å². The highest BCUT2D eigenvalue weighted by Crippen LogP contribution is 2.15. The SMILES string of the molecule is Cc1cccc(-c2ncc(CNC(C)(C)C)cn2)c1. The number of aromatic nitrogens is 2. The Bertz CT molecular complexity index is 539. The van der Waals surface area contributed by atoms with E-state index in [2.05, 4.69) is 55.1 Å². The molecule has 0 spiro atoms. The monoisotopic (exact) mass is 255 g/mol. The van der Waals surface area contributed by atoms with Crippen molar-refractivity contribution in [2.45, 2.75) is 39.8 Å². The number of nitrogens with one attached hydrogen (secondary N) is 1. The van der Waals surface area contributed by atoms with E-state index in [1.807, 2.05) is 24.5 Å². The lowest BCUT2D eigenvalue weighted by Crippen LogP contribution is -2.35. The van der Waals surface area contributed by atoms with Crippen LogP contribution in [-0.4, -0.2) is 15.5 Å². The van der Waals surface area contributed by atoms with Crippen LogP contribution >= 0.6 is 0 Å². The van der Waals surface area contributed by atoms with Crippen LogP contribution in [0.2, 0.25) is 0 Å². The molecular formula is C16H21N3. The summed E-state index contributed by atoms with van der Waals surface area (Å²) in [5, 5.41) is 3.43. The van der Waals surface area contributed by atoms with Gasteiger partial charge >= 0.3 is 0 Å². The molecule has 0 saturated carbocycles. The minimum absolute atomic E-state index is 0.106. The van der Waals surface area contributed by atoms with Gasteiger partial charge in [-0.1, -0.05) is 23.8 Å². The maximum Gasteiger partial charge on any atom is 0.159 e. The zero-order valence-corrected chi connectivity index (χ0v) is 12.1. The van der Waals surface area contributed by atoms with Gasteiger partial charge in [0.05, 0.1) is 0 Å². The lowest BCUT2D eigenvalue weighted by molar-refractivity contribution is 0.423. The highest BCUT2D eigenvalue weighted by atomic mass is 15.0. The first-order valence-corrected chi connectivity index (χ1v) is 6.57. The summed E-state index contributed by atoms with van der Waals surface area (Å²) >= 11 is 0. The number of rotatable bonds is 3. The van der Waals surface area contributed by atoms with E-state index in [4.69, 9.17) is 0 Å². The molecule has 0 aliphatic carbocycles. The molecule has 1 N–H and O–H groups in total. The molecule has 19 heavy (non-hydrogen) atoms. The molecule has 0 radical (unpaired) electrons. The number of nitrogens with zero attached hydrogens (tertiary/aromatic N) is 2. The first-order chi connectivity index (χ1) is 8.94. The Balaban J connectivity index is 2.10. The van der Waals surface area contributed by atoms with Crippen LogP contribution in [0.1, 0.15) is 31.9 Å². The maximum absolute atomic E-state index is 4.44. The van der Waals surface area contributed by atoms with Crippen molar-refractivity contribution >= 4 is 0 Å². The van der Waals surface area contributed by atoms with Gasteiger partial charge in [0.1, 0.15) is 0 Å². The number of hydrogen-bond acceptors (Lipinski definition) is 3. The summed E-state index contributed by atoms with van der Waals surface area (Å²) < 4.78 is 0. The molecule has 0 aliphatic rings. The largest absolute Gasteiger partial charge is 0.308 e. The third kappa shape index (κ3) is 4.14. The van der Waals surface area contributed by atoms with Crippen LogP contribution in [0, 0.1) is 6.92 Å². The molecule has 0 atom stereocenters. The molecule has 3 heteroatoms. The average molecular weight is 255 g/mol. The van der Waals surface area contributed by atoms with Crippen molar-refractivity contribution in [1.29, 1.82) is 0 Å². The minimum Gasteiger partial charge on any atom is -0.308 e. The molecule has 1 aromatic carbocycles. The second-order valence-electron chi connectivity index (χ2n) is 5.89. The number of hydrogen-bond donors (Lipinski definition) is 1. The van der Waals surface area contributed by atoms with E-state index >= 15 is 0 Å². The summed E-state index contributed by atoms with van der Waals surface area (Å²) in [6.07, 6.45) is 3.78. The normalized spacial score (nSPS) is 11.6. The van der Waals surface area contributed by atoms with E-state index in [0.29, 0.717) is 0 Å². The zero-order chi connectivity index (χ0) is 13.9. The van der Waals surface area contributed by atoms with Crippen LogP contribution in [0.3, 0.4) is 0 Å². The molecule has 0 amide bonds. The summed E-state index contributed by atoms with van der Waals surface area (Å²) in [5.74, 6) is 0.781. The fraction of sp³-hybridized carbons (Fsp3) is 0.375. The van der Waals surface area contributed by atoms with Crippen LogP contribution in [-0.2, 0) is 6.54 Å². The van der Waals surface area contributed by atoms with E-state index in [1.165, 1.54) is 5.56 Å². The maximum atomic E-state index is 4.44. The van der Waals surface area contributed by atoms with Crippen molar-refractivity contribution in [3.63, 3.8) is 0 Å². The van der Waals surface area contributed by atoms with Crippen molar-refractivity contribution in [3.05, 3.63) is 47.8 Å². The first kappa shape index (κ1) is 13.7. The summed E-state index contributed by atoms with van der Waals surface area (Å²) in [7, 11) is 0. The van der Waals surface area contributed by atoms with E-state index in [0.717, 1.165) is 23.5 Å². The van der Waals surface area contributed by atoms with Crippen LogP contribution < -0.4 is 5.32 Å². The summed E-state index contributed by atoms with van der Waals surface area (Å²) in [6, 6.07) is 8.24. The second-order valence-corrected chi connectivity index (χ2v) is 5.89. The molecule has 0 fully saturated rings. The van der Waals surface area contributed by atoms with Gasteiger partial charge in [0.15, 0.2) is 5.82 Å². The van der Waals surface area contributed by atoms with Crippen molar-refractivity contribution in [2.24, 2.45) is 0 Å². The van der Waals surface area contributed by atoms with E-state index in [-0.39, 0.29) is 5.54 Å². The van der Waals surface area contributed by atoms with Gasteiger partial charge in [0.2, 0.25) is 0 Å². The van der Waals surface area contributed by atoms with E-state index in [1.54, 1.807) is 0 Å². The summed E-state index contributed by atoms with van der Waals surface area (Å²) in [6.45, 7) is 9.31. The topological polar surface area (TPSA) is 37.8 Å². The third-order valence-corrected chi connectivity index (χ3v) is 2.80. The van der Waals surface area contributed by atoms with Gasteiger partial charge in [0, 0.05) is 35.6 Å². The molecular weight excluding hydrogens is 234 g/mol.